The van der Waals surface area contributed by atoms with E-state index in [1.807, 2.05) is 18.2 Å². The lowest BCUT2D eigenvalue weighted by atomic mass is 10.2. The van der Waals surface area contributed by atoms with E-state index in [9.17, 15) is 0 Å². The first-order valence-corrected chi connectivity index (χ1v) is 7.86. The fourth-order valence-electron chi connectivity index (χ4n) is 1.66. The van der Waals surface area contributed by atoms with E-state index in [4.69, 9.17) is 10.5 Å². The maximum atomic E-state index is 6.10. The van der Waals surface area contributed by atoms with E-state index in [0.717, 1.165) is 28.9 Å². The van der Waals surface area contributed by atoms with Crippen LogP contribution in [0.2, 0.25) is 0 Å². The van der Waals surface area contributed by atoms with E-state index in [0.29, 0.717) is 12.3 Å². The summed E-state index contributed by atoms with van der Waals surface area (Å²) in [5.41, 5.74) is 7.69. The van der Waals surface area contributed by atoms with Gasteiger partial charge < -0.3 is 15.8 Å². The highest BCUT2D eigenvalue weighted by atomic mass is 79.9. The van der Waals surface area contributed by atoms with Gasteiger partial charge in [0.1, 0.15) is 5.75 Å². The third kappa shape index (κ3) is 3.88. The van der Waals surface area contributed by atoms with Crippen LogP contribution < -0.4 is 15.8 Å². The Balaban J connectivity index is 2.03. The lowest BCUT2D eigenvalue weighted by Crippen LogP contribution is -2.04. The first-order valence-electron chi connectivity index (χ1n) is 6.18. The van der Waals surface area contributed by atoms with E-state index < -0.39 is 0 Å². The molecule has 0 radical (unpaired) electrons. The van der Waals surface area contributed by atoms with Gasteiger partial charge in [0.2, 0.25) is 0 Å². The zero-order chi connectivity index (χ0) is 13.7. The summed E-state index contributed by atoms with van der Waals surface area (Å²) in [4.78, 5) is 1.26. The minimum Gasteiger partial charge on any atom is -0.491 e. The van der Waals surface area contributed by atoms with Crippen molar-refractivity contribution in [3.63, 3.8) is 0 Å². The number of nitrogens with two attached hydrogens (primary N) is 1. The number of benzene rings is 1. The first kappa shape index (κ1) is 14.2. The summed E-state index contributed by atoms with van der Waals surface area (Å²) in [6.45, 7) is 3.52. The average Bonchev–Trinajstić information content (AvgIpc) is 2.82. The maximum Gasteiger partial charge on any atom is 0.144 e. The summed E-state index contributed by atoms with van der Waals surface area (Å²) in [7, 11) is 0. The molecule has 0 spiro atoms. The number of nitrogens with one attached hydrogen (secondary N) is 1. The largest absolute Gasteiger partial charge is 0.491 e. The zero-order valence-electron chi connectivity index (χ0n) is 10.8. The second kappa shape index (κ2) is 6.82. The molecular formula is C14H17BrN2OS. The van der Waals surface area contributed by atoms with Crippen LogP contribution >= 0.6 is 27.3 Å². The number of rotatable bonds is 6. The molecular weight excluding hydrogens is 324 g/mol. The molecule has 0 fully saturated rings. The van der Waals surface area contributed by atoms with E-state index >= 15 is 0 Å². The van der Waals surface area contributed by atoms with Crippen molar-refractivity contribution in [1.82, 2.24) is 0 Å². The molecule has 3 nitrogen and oxygen atoms in total. The van der Waals surface area contributed by atoms with Crippen molar-refractivity contribution >= 4 is 38.6 Å². The van der Waals surface area contributed by atoms with Crippen molar-refractivity contribution in [3.05, 3.63) is 39.0 Å². The molecule has 0 saturated carbocycles. The van der Waals surface area contributed by atoms with Crippen molar-refractivity contribution in [2.24, 2.45) is 0 Å². The van der Waals surface area contributed by atoms with Crippen molar-refractivity contribution in [3.8, 4) is 5.75 Å². The molecule has 1 aromatic heterocycles. The van der Waals surface area contributed by atoms with Crippen LogP contribution in [0.4, 0.5) is 11.4 Å². The monoisotopic (exact) mass is 340 g/mol. The van der Waals surface area contributed by atoms with Gasteiger partial charge in [0.25, 0.3) is 0 Å². The van der Waals surface area contributed by atoms with Gasteiger partial charge in [-0.25, -0.2) is 0 Å². The fraction of sp³-hybridized carbons (Fsp3) is 0.286. The Kier molecular flexibility index (Phi) is 5.10. The Labute approximate surface area is 125 Å². The number of hydrogen-bond acceptors (Lipinski definition) is 4. The summed E-state index contributed by atoms with van der Waals surface area (Å²) in [6, 6.07) is 7.92. The summed E-state index contributed by atoms with van der Waals surface area (Å²) in [5.74, 6) is 0.749. The number of anilines is 2. The summed E-state index contributed by atoms with van der Waals surface area (Å²) in [5, 5.41) is 5.41. The number of para-hydroxylation sites is 1. The van der Waals surface area contributed by atoms with Crippen LogP contribution in [-0.2, 0) is 6.54 Å². The van der Waals surface area contributed by atoms with Crippen molar-refractivity contribution in [2.45, 2.75) is 19.9 Å². The van der Waals surface area contributed by atoms with Gasteiger partial charge in [0, 0.05) is 21.3 Å². The highest BCUT2D eigenvalue weighted by molar-refractivity contribution is 9.10. The molecule has 0 amide bonds. The van der Waals surface area contributed by atoms with E-state index in [1.54, 1.807) is 11.3 Å². The van der Waals surface area contributed by atoms with Crippen LogP contribution in [0.5, 0.6) is 5.75 Å². The molecule has 1 heterocycles. The SMILES string of the molecule is CCCOc1cccc(NCc2cc(Br)cs2)c1N. The molecule has 0 atom stereocenters. The molecule has 0 unspecified atom stereocenters. The quantitative estimate of drug-likeness (QED) is 0.761. The van der Waals surface area contributed by atoms with Gasteiger partial charge in [-0.3, -0.25) is 0 Å². The van der Waals surface area contributed by atoms with Crippen LogP contribution in [0.15, 0.2) is 34.1 Å². The first-order chi connectivity index (χ1) is 9.20. The molecule has 0 aliphatic rings. The van der Waals surface area contributed by atoms with Crippen LogP contribution in [0.3, 0.4) is 0 Å². The number of ether oxygens (including phenoxy) is 1. The fourth-order valence-corrected chi connectivity index (χ4v) is 3.06. The number of nitrogen functional groups attached to an aromatic ring is 1. The lowest BCUT2D eigenvalue weighted by molar-refractivity contribution is 0.319. The predicted octanol–water partition coefficient (Wildman–Crippen LogP) is 4.49. The highest BCUT2D eigenvalue weighted by Crippen LogP contribution is 2.30. The number of thiophene rings is 1. The van der Waals surface area contributed by atoms with Crippen LogP contribution in [0.1, 0.15) is 18.2 Å². The Morgan fingerprint density at radius 1 is 1.42 bits per heavy atom. The topological polar surface area (TPSA) is 47.3 Å². The summed E-state index contributed by atoms with van der Waals surface area (Å²) >= 11 is 5.16. The van der Waals surface area contributed by atoms with Gasteiger partial charge in [-0.1, -0.05) is 13.0 Å². The smallest absolute Gasteiger partial charge is 0.144 e. The average molecular weight is 341 g/mol. The highest BCUT2D eigenvalue weighted by Gasteiger charge is 2.06. The second-order valence-corrected chi connectivity index (χ2v) is 6.06. The van der Waals surface area contributed by atoms with Gasteiger partial charge in [0.15, 0.2) is 0 Å². The van der Waals surface area contributed by atoms with Crippen LogP contribution in [0, 0.1) is 0 Å². The Morgan fingerprint density at radius 2 is 2.26 bits per heavy atom. The maximum absolute atomic E-state index is 6.10. The Hall–Kier alpha value is -1.20. The molecule has 2 aromatic rings. The second-order valence-electron chi connectivity index (χ2n) is 4.15. The molecule has 1 aromatic carbocycles. The molecule has 102 valence electrons. The van der Waals surface area contributed by atoms with Crippen molar-refractivity contribution < 1.29 is 4.74 Å². The number of hydrogen-bond donors (Lipinski definition) is 2. The molecule has 0 aliphatic heterocycles. The van der Waals surface area contributed by atoms with Gasteiger partial charge in [-0.2, -0.15) is 0 Å². The van der Waals surface area contributed by atoms with Crippen LogP contribution in [-0.4, -0.2) is 6.61 Å². The van der Waals surface area contributed by atoms with Gasteiger partial charge >= 0.3 is 0 Å². The molecule has 0 saturated heterocycles. The Morgan fingerprint density at radius 3 is 2.95 bits per heavy atom. The van der Waals surface area contributed by atoms with Gasteiger partial charge in [0.05, 0.1) is 18.0 Å². The van der Waals surface area contributed by atoms with Crippen molar-refractivity contribution in [2.75, 3.05) is 17.7 Å². The third-order valence-corrected chi connectivity index (χ3v) is 4.30. The molecule has 0 bridgehead atoms. The van der Waals surface area contributed by atoms with Crippen molar-refractivity contribution in [1.29, 1.82) is 0 Å². The van der Waals surface area contributed by atoms with E-state index in [2.05, 4.69) is 39.6 Å². The molecule has 19 heavy (non-hydrogen) atoms. The summed E-state index contributed by atoms with van der Waals surface area (Å²) < 4.78 is 6.73. The van der Waals surface area contributed by atoms with Gasteiger partial charge in [-0.15, -0.1) is 11.3 Å². The minimum absolute atomic E-state index is 0.673. The molecule has 5 heteroatoms. The van der Waals surface area contributed by atoms with E-state index in [-0.39, 0.29) is 0 Å². The number of halogens is 1. The predicted molar refractivity (Wildman–Crippen MR) is 86.0 cm³/mol. The van der Waals surface area contributed by atoms with Gasteiger partial charge in [-0.05, 0) is 40.5 Å². The third-order valence-electron chi connectivity index (χ3n) is 2.60. The lowest BCUT2D eigenvalue weighted by Gasteiger charge is -2.13. The standard InChI is InChI=1S/C14H17BrN2OS/c1-2-6-18-13-5-3-4-12(14(13)16)17-8-11-7-10(15)9-19-11/h3-5,7,9,17H,2,6,8,16H2,1H3. The van der Waals surface area contributed by atoms with Crippen LogP contribution in [0.25, 0.3) is 0 Å². The zero-order valence-corrected chi connectivity index (χ0v) is 13.2. The molecule has 0 aliphatic carbocycles. The van der Waals surface area contributed by atoms with E-state index in [1.165, 1.54) is 4.88 Å². The molecule has 2 rings (SSSR count). The Bertz CT molecular complexity index is 542. The normalized spacial score (nSPS) is 10.4. The summed E-state index contributed by atoms with van der Waals surface area (Å²) in [6.07, 6.45) is 0.973. The molecule has 3 N–H and O–H groups in total. The minimum atomic E-state index is 0.673.